The molecule has 138 valence electrons. The van der Waals surface area contributed by atoms with Crippen molar-refractivity contribution < 1.29 is 14.6 Å². The molecule has 0 spiro atoms. The topological polar surface area (TPSA) is 71.2 Å². The summed E-state index contributed by atoms with van der Waals surface area (Å²) in [6.07, 6.45) is 4.86. The molecule has 2 rings (SSSR count). The molecule has 2 aromatic rings. The van der Waals surface area contributed by atoms with E-state index in [0.29, 0.717) is 11.4 Å². The van der Waals surface area contributed by atoms with Gasteiger partial charge in [-0.2, -0.15) is 10.2 Å². The molecule has 0 radical (unpaired) electrons. The molecule has 0 aliphatic carbocycles. The molecular weight excluding hydrogens is 328 g/mol. The maximum absolute atomic E-state index is 10.8. The van der Waals surface area contributed by atoms with E-state index in [1.165, 1.54) is 18.4 Å². The fourth-order valence-electron chi connectivity index (χ4n) is 2.61. The fourth-order valence-corrected chi connectivity index (χ4v) is 2.61. The number of unbranched alkanes of at least 4 members (excludes halogenated alkanes) is 2. The van der Waals surface area contributed by atoms with Gasteiger partial charge in [0, 0.05) is 0 Å². The number of benzene rings is 2. The van der Waals surface area contributed by atoms with Gasteiger partial charge in [-0.25, -0.2) is 4.79 Å². The molecule has 0 unspecified atom stereocenters. The summed E-state index contributed by atoms with van der Waals surface area (Å²) < 4.78 is 4.85. The second-order valence-corrected chi connectivity index (χ2v) is 6.23. The standard InChI is InChI=1S/C21H26N2O3/c1-3-5-7-16-9-11-18(12-10-16)22-23-19-13-14-20(26-21(24)25)17(15-19)8-6-4-2/h9-15H,3-8H2,1-2H3,(H,24,25). The van der Waals surface area contributed by atoms with Crippen molar-refractivity contribution in [2.75, 3.05) is 0 Å². The molecule has 5 nitrogen and oxygen atoms in total. The minimum absolute atomic E-state index is 0.366. The summed E-state index contributed by atoms with van der Waals surface area (Å²) >= 11 is 0. The van der Waals surface area contributed by atoms with Gasteiger partial charge in [0.15, 0.2) is 0 Å². The highest BCUT2D eigenvalue weighted by molar-refractivity contribution is 5.63. The summed E-state index contributed by atoms with van der Waals surface area (Å²) in [6, 6.07) is 13.3. The molecule has 0 aliphatic rings. The van der Waals surface area contributed by atoms with Gasteiger partial charge in [0.05, 0.1) is 11.4 Å². The number of hydrogen-bond donors (Lipinski definition) is 1. The molecule has 0 atom stereocenters. The van der Waals surface area contributed by atoms with Crippen LogP contribution in [0.2, 0.25) is 0 Å². The van der Waals surface area contributed by atoms with Crippen molar-refractivity contribution >= 4 is 17.5 Å². The quantitative estimate of drug-likeness (QED) is 0.304. The molecule has 0 bridgehead atoms. The van der Waals surface area contributed by atoms with Crippen LogP contribution >= 0.6 is 0 Å². The molecule has 0 heterocycles. The molecule has 5 heteroatoms. The first-order valence-corrected chi connectivity index (χ1v) is 9.16. The number of rotatable bonds is 9. The number of aryl methyl sites for hydroxylation is 2. The van der Waals surface area contributed by atoms with Crippen molar-refractivity contribution in [2.45, 2.75) is 52.4 Å². The Bertz CT molecular complexity index is 739. The van der Waals surface area contributed by atoms with E-state index in [1.54, 1.807) is 12.1 Å². The third kappa shape index (κ3) is 6.31. The average Bonchev–Trinajstić information content (AvgIpc) is 2.64. The second-order valence-electron chi connectivity index (χ2n) is 6.23. The summed E-state index contributed by atoms with van der Waals surface area (Å²) in [4.78, 5) is 10.8. The average molecular weight is 354 g/mol. The van der Waals surface area contributed by atoms with Gasteiger partial charge in [-0.15, -0.1) is 0 Å². The Morgan fingerprint density at radius 1 is 0.923 bits per heavy atom. The molecule has 0 saturated heterocycles. The molecule has 0 aromatic heterocycles. The largest absolute Gasteiger partial charge is 0.511 e. The van der Waals surface area contributed by atoms with Crippen molar-refractivity contribution in [1.29, 1.82) is 0 Å². The van der Waals surface area contributed by atoms with Crippen molar-refractivity contribution in [3.63, 3.8) is 0 Å². The van der Waals surface area contributed by atoms with Gasteiger partial charge < -0.3 is 9.84 Å². The van der Waals surface area contributed by atoms with E-state index in [2.05, 4.69) is 36.2 Å². The first-order valence-electron chi connectivity index (χ1n) is 9.16. The van der Waals surface area contributed by atoms with Crippen molar-refractivity contribution in [3.8, 4) is 5.75 Å². The van der Waals surface area contributed by atoms with Crippen LogP contribution in [0.3, 0.4) is 0 Å². The second kappa shape index (κ2) is 10.3. The molecule has 0 amide bonds. The predicted molar refractivity (Wildman–Crippen MR) is 103 cm³/mol. The van der Waals surface area contributed by atoms with Crippen LogP contribution in [-0.2, 0) is 12.8 Å². The monoisotopic (exact) mass is 354 g/mol. The first-order chi connectivity index (χ1) is 12.6. The Hall–Kier alpha value is -2.69. The van der Waals surface area contributed by atoms with E-state index < -0.39 is 6.16 Å². The van der Waals surface area contributed by atoms with Crippen molar-refractivity contribution in [2.24, 2.45) is 10.2 Å². The van der Waals surface area contributed by atoms with Gasteiger partial charge in [-0.1, -0.05) is 38.8 Å². The summed E-state index contributed by atoms with van der Waals surface area (Å²) in [5.74, 6) is 0.366. The number of carboxylic acid groups (broad SMARTS) is 1. The predicted octanol–water partition coefficient (Wildman–Crippen LogP) is 6.84. The van der Waals surface area contributed by atoms with E-state index in [-0.39, 0.29) is 0 Å². The minimum atomic E-state index is -1.31. The van der Waals surface area contributed by atoms with Gasteiger partial charge in [0.25, 0.3) is 0 Å². The van der Waals surface area contributed by atoms with Gasteiger partial charge in [0.1, 0.15) is 5.75 Å². The van der Waals surface area contributed by atoms with Crippen LogP contribution in [0.4, 0.5) is 16.2 Å². The van der Waals surface area contributed by atoms with Crippen LogP contribution in [0.1, 0.15) is 50.7 Å². The van der Waals surface area contributed by atoms with Crippen LogP contribution in [-0.4, -0.2) is 11.3 Å². The normalized spacial score (nSPS) is 11.0. The van der Waals surface area contributed by atoms with Crippen molar-refractivity contribution in [1.82, 2.24) is 0 Å². The number of nitrogens with zero attached hydrogens (tertiary/aromatic N) is 2. The van der Waals surface area contributed by atoms with E-state index >= 15 is 0 Å². The lowest BCUT2D eigenvalue weighted by atomic mass is 10.1. The molecule has 2 aromatic carbocycles. The molecule has 1 N–H and O–H groups in total. The molecule has 0 fully saturated rings. The van der Waals surface area contributed by atoms with E-state index in [4.69, 9.17) is 9.84 Å². The number of ether oxygens (including phenoxy) is 1. The van der Waals surface area contributed by atoms with Crippen molar-refractivity contribution in [3.05, 3.63) is 53.6 Å². The zero-order valence-corrected chi connectivity index (χ0v) is 15.4. The summed E-state index contributed by atoms with van der Waals surface area (Å²) in [5.41, 5.74) is 3.62. The highest BCUT2D eigenvalue weighted by Crippen LogP contribution is 2.28. The molecule has 26 heavy (non-hydrogen) atoms. The Balaban J connectivity index is 2.12. The van der Waals surface area contributed by atoms with Crippen LogP contribution in [0.15, 0.2) is 52.7 Å². The maximum atomic E-state index is 10.8. The number of hydrogen-bond acceptors (Lipinski definition) is 4. The highest BCUT2D eigenvalue weighted by Gasteiger charge is 2.09. The molecule has 0 saturated carbocycles. The third-order valence-corrected chi connectivity index (χ3v) is 4.08. The zero-order chi connectivity index (χ0) is 18.8. The van der Waals surface area contributed by atoms with Gasteiger partial charge in [-0.3, -0.25) is 0 Å². The Labute approximate surface area is 154 Å². The third-order valence-electron chi connectivity index (χ3n) is 4.08. The number of azo groups is 1. The lowest BCUT2D eigenvalue weighted by Gasteiger charge is -2.08. The van der Waals surface area contributed by atoms with Crippen LogP contribution in [0, 0.1) is 0 Å². The highest BCUT2D eigenvalue weighted by atomic mass is 16.7. The van der Waals surface area contributed by atoms with Crippen LogP contribution in [0.25, 0.3) is 0 Å². The van der Waals surface area contributed by atoms with Gasteiger partial charge >= 0.3 is 6.16 Å². The van der Waals surface area contributed by atoms with E-state index in [0.717, 1.165) is 36.9 Å². The summed E-state index contributed by atoms with van der Waals surface area (Å²) in [5, 5.41) is 17.4. The van der Waals surface area contributed by atoms with E-state index in [1.807, 2.05) is 18.2 Å². The fraction of sp³-hybridized carbons (Fsp3) is 0.381. The summed E-state index contributed by atoms with van der Waals surface area (Å²) in [6.45, 7) is 4.27. The Morgan fingerprint density at radius 2 is 1.54 bits per heavy atom. The van der Waals surface area contributed by atoms with Gasteiger partial charge in [0.2, 0.25) is 0 Å². The Kier molecular flexibility index (Phi) is 7.80. The van der Waals surface area contributed by atoms with E-state index in [9.17, 15) is 4.79 Å². The number of carbonyl (C=O) groups is 1. The van der Waals surface area contributed by atoms with Crippen LogP contribution in [0.5, 0.6) is 5.75 Å². The lowest BCUT2D eigenvalue weighted by Crippen LogP contribution is -2.05. The maximum Gasteiger partial charge on any atom is 0.511 e. The van der Waals surface area contributed by atoms with Crippen LogP contribution < -0.4 is 4.74 Å². The van der Waals surface area contributed by atoms with Gasteiger partial charge in [-0.05, 0) is 67.1 Å². The molecular formula is C21H26N2O3. The minimum Gasteiger partial charge on any atom is -0.449 e. The Morgan fingerprint density at radius 3 is 2.19 bits per heavy atom. The molecule has 0 aliphatic heterocycles. The summed E-state index contributed by atoms with van der Waals surface area (Å²) in [7, 11) is 0. The lowest BCUT2D eigenvalue weighted by molar-refractivity contribution is 0.144. The smallest absolute Gasteiger partial charge is 0.449 e. The zero-order valence-electron chi connectivity index (χ0n) is 15.4. The SMILES string of the molecule is CCCCc1ccc(N=Nc2ccc(OC(=O)O)c(CCCC)c2)cc1. The first kappa shape index (κ1) is 19.6.